The van der Waals surface area contributed by atoms with Gasteiger partial charge in [0.1, 0.15) is 17.5 Å². The molecule has 0 radical (unpaired) electrons. The summed E-state index contributed by atoms with van der Waals surface area (Å²) in [6.45, 7) is 5.49. The topological polar surface area (TPSA) is 110 Å². The van der Waals surface area contributed by atoms with Crippen molar-refractivity contribution in [2.45, 2.75) is 57.7 Å². The molecular formula is C26H33N3O4S. The maximum Gasteiger partial charge on any atom is 0.240 e. The highest BCUT2D eigenvalue weighted by Gasteiger charge is 2.30. The quantitative estimate of drug-likeness (QED) is 0.571. The molecule has 2 aromatic rings. The van der Waals surface area contributed by atoms with Crippen molar-refractivity contribution in [1.29, 1.82) is 0 Å². The van der Waals surface area contributed by atoms with E-state index in [0.717, 1.165) is 42.4 Å². The Kier molecular flexibility index (Phi) is 8.61. The fourth-order valence-electron chi connectivity index (χ4n) is 4.27. The summed E-state index contributed by atoms with van der Waals surface area (Å²) in [5, 5.41) is 1.90. The summed E-state index contributed by atoms with van der Waals surface area (Å²) in [6.07, 6.45) is 4.03. The van der Waals surface area contributed by atoms with E-state index in [1.54, 1.807) is 24.3 Å². The van der Waals surface area contributed by atoms with Crippen LogP contribution in [-0.4, -0.2) is 40.3 Å². The van der Waals surface area contributed by atoms with Crippen LogP contribution in [0.4, 0.5) is 5.69 Å². The van der Waals surface area contributed by atoms with Crippen LogP contribution in [0, 0.1) is 20.8 Å². The second-order valence-corrected chi connectivity index (χ2v) is 10.6. The Hall–Kier alpha value is -3.00. The van der Waals surface area contributed by atoms with E-state index in [2.05, 4.69) is 5.32 Å². The minimum Gasteiger partial charge on any atom is -0.368 e. The lowest BCUT2D eigenvalue weighted by atomic mass is 10.1. The van der Waals surface area contributed by atoms with Crippen molar-refractivity contribution in [3.63, 3.8) is 0 Å². The molecule has 8 heteroatoms. The summed E-state index contributed by atoms with van der Waals surface area (Å²) in [7, 11) is -1.90. The van der Waals surface area contributed by atoms with Crippen LogP contribution in [0.3, 0.4) is 0 Å². The molecule has 1 aliphatic carbocycles. The van der Waals surface area contributed by atoms with E-state index >= 15 is 0 Å². The van der Waals surface area contributed by atoms with Gasteiger partial charge >= 0.3 is 0 Å². The Morgan fingerprint density at radius 2 is 1.65 bits per heavy atom. The van der Waals surface area contributed by atoms with Crippen LogP contribution in [-0.2, 0) is 25.2 Å². The molecule has 2 unspecified atom stereocenters. The minimum absolute atomic E-state index is 0.123. The molecule has 0 saturated heterocycles. The number of aryl methyl sites for hydroxylation is 3. The van der Waals surface area contributed by atoms with Gasteiger partial charge in [-0.2, -0.15) is 0 Å². The van der Waals surface area contributed by atoms with Crippen LogP contribution < -0.4 is 16.0 Å². The number of carbonyl (C=O) groups is 3. The molecule has 1 aliphatic rings. The lowest BCUT2D eigenvalue weighted by Gasteiger charge is -2.26. The first-order valence-electron chi connectivity index (χ1n) is 11.6. The zero-order chi connectivity index (χ0) is 24.8. The normalized spacial score (nSPS) is 15.5. The van der Waals surface area contributed by atoms with Gasteiger partial charge in [-0.15, -0.1) is 0 Å². The third-order valence-corrected chi connectivity index (χ3v) is 7.71. The Balaban J connectivity index is 1.83. The average Bonchev–Trinajstić information content (AvgIpc) is 3.28. The van der Waals surface area contributed by atoms with E-state index in [-0.39, 0.29) is 18.5 Å². The molecule has 3 N–H and O–H groups in total. The Morgan fingerprint density at radius 1 is 1.03 bits per heavy atom. The Labute approximate surface area is 203 Å². The highest BCUT2D eigenvalue weighted by atomic mass is 32.2. The third-order valence-electron chi connectivity index (χ3n) is 6.15. The van der Waals surface area contributed by atoms with Crippen molar-refractivity contribution in [1.82, 2.24) is 5.32 Å². The molecule has 182 valence electrons. The van der Waals surface area contributed by atoms with E-state index < -0.39 is 33.6 Å². The molecule has 1 saturated carbocycles. The van der Waals surface area contributed by atoms with Gasteiger partial charge < -0.3 is 16.0 Å². The second-order valence-electron chi connectivity index (χ2n) is 9.04. The molecule has 1 fully saturated rings. The fraction of sp³-hybridized carbons (Fsp3) is 0.423. The van der Waals surface area contributed by atoms with Crippen LogP contribution in [0.25, 0.3) is 0 Å². The minimum atomic E-state index is -1.90. The molecule has 3 amide bonds. The maximum absolute atomic E-state index is 13.4. The van der Waals surface area contributed by atoms with Crippen molar-refractivity contribution in [3.8, 4) is 0 Å². The van der Waals surface area contributed by atoms with Gasteiger partial charge in [-0.25, -0.2) is 0 Å². The molecule has 34 heavy (non-hydrogen) atoms. The standard InChI is InChI=1S/C26H33N3O4S/c1-17-9-12-20(13-10-17)25(26(27)32)34(33)16-24(31)29(22-14-18(2)8-11-19(22)3)15-23(30)28-21-6-4-5-7-21/h8-14,21,25H,4-7,15-16H2,1-3H3,(H2,27,32)(H,28,30). The molecule has 0 aliphatic heterocycles. The first-order chi connectivity index (χ1) is 16.2. The van der Waals surface area contributed by atoms with E-state index in [1.807, 2.05) is 39.0 Å². The molecule has 3 rings (SSSR count). The van der Waals surface area contributed by atoms with Crippen LogP contribution in [0.1, 0.15) is 53.2 Å². The number of benzene rings is 2. The number of amides is 3. The van der Waals surface area contributed by atoms with Gasteiger partial charge in [-0.3, -0.25) is 18.6 Å². The van der Waals surface area contributed by atoms with Crippen LogP contribution in [0.5, 0.6) is 0 Å². The van der Waals surface area contributed by atoms with Gasteiger partial charge in [0.25, 0.3) is 0 Å². The predicted octanol–water partition coefficient (Wildman–Crippen LogP) is 2.98. The van der Waals surface area contributed by atoms with E-state index in [0.29, 0.717) is 11.3 Å². The summed E-state index contributed by atoms with van der Waals surface area (Å²) in [5.74, 6) is -1.93. The Bertz CT molecular complexity index is 1080. The number of nitrogens with zero attached hydrogens (tertiary/aromatic N) is 1. The number of nitrogens with two attached hydrogens (primary N) is 1. The summed E-state index contributed by atoms with van der Waals surface area (Å²) in [4.78, 5) is 39.7. The number of hydrogen-bond donors (Lipinski definition) is 2. The van der Waals surface area contributed by atoms with Crippen molar-refractivity contribution in [2.75, 3.05) is 17.2 Å². The van der Waals surface area contributed by atoms with Gasteiger partial charge in [0.2, 0.25) is 17.7 Å². The smallest absolute Gasteiger partial charge is 0.240 e. The lowest BCUT2D eigenvalue weighted by molar-refractivity contribution is -0.123. The summed E-state index contributed by atoms with van der Waals surface area (Å²) in [5.41, 5.74) is 9.41. The average molecular weight is 484 g/mol. The predicted molar refractivity (Wildman–Crippen MR) is 135 cm³/mol. The molecule has 7 nitrogen and oxygen atoms in total. The van der Waals surface area contributed by atoms with E-state index in [1.165, 1.54) is 4.90 Å². The highest BCUT2D eigenvalue weighted by Crippen LogP contribution is 2.25. The number of anilines is 1. The number of nitrogens with one attached hydrogen (secondary N) is 1. The summed E-state index contributed by atoms with van der Waals surface area (Å²) >= 11 is 0. The largest absolute Gasteiger partial charge is 0.368 e. The molecular weight excluding hydrogens is 450 g/mol. The maximum atomic E-state index is 13.4. The SMILES string of the molecule is Cc1ccc(C(C(N)=O)S(=O)CC(=O)N(CC(=O)NC2CCCC2)c2cc(C)ccc2C)cc1. The number of hydrogen-bond acceptors (Lipinski definition) is 4. The number of rotatable bonds is 9. The van der Waals surface area contributed by atoms with Gasteiger partial charge in [-0.05, 0) is 56.4 Å². The van der Waals surface area contributed by atoms with Gasteiger partial charge in [0, 0.05) is 22.5 Å². The molecule has 0 aromatic heterocycles. The molecule has 2 atom stereocenters. The first kappa shape index (κ1) is 25.6. The third kappa shape index (κ3) is 6.53. The molecule has 2 aromatic carbocycles. The van der Waals surface area contributed by atoms with Gasteiger partial charge in [-0.1, -0.05) is 54.8 Å². The highest BCUT2D eigenvalue weighted by molar-refractivity contribution is 7.86. The monoisotopic (exact) mass is 483 g/mol. The summed E-state index contributed by atoms with van der Waals surface area (Å²) < 4.78 is 13.2. The number of carbonyl (C=O) groups excluding carboxylic acids is 3. The van der Waals surface area contributed by atoms with Crippen molar-refractivity contribution < 1.29 is 18.6 Å². The van der Waals surface area contributed by atoms with Crippen molar-refractivity contribution >= 4 is 34.2 Å². The Morgan fingerprint density at radius 3 is 2.26 bits per heavy atom. The van der Waals surface area contributed by atoms with Gasteiger partial charge in [0.05, 0.1) is 0 Å². The van der Waals surface area contributed by atoms with Crippen LogP contribution in [0.15, 0.2) is 42.5 Å². The lowest BCUT2D eigenvalue weighted by Crippen LogP contribution is -2.45. The zero-order valence-corrected chi connectivity index (χ0v) is 20.8. The van der Waals surface area contributed by atoms with E-state index in [9.17, 15) is 18.6 Å². The van der Waals surface area contributed by atoms with Crippen LogP contribution >= 0.6 is 0 Å². The van der Waals surface area contributed by atoms with Crippen molar-refractivity contribution in [3.05, 3.63) is 64.7 Å². The summed E-state index contributed by atoms with van der Waals surface area (Å²) in [6, 6.07) is 12.8. The molecule has 0 bridgehead atoms. The van der Waals surface area contributed by atoms with Gasteiger partial charge in [0.15, 0.2) is 0 Å². The van der Waals surface area contributed by atoms with Crippen molar-refractivity contribution in [2.24, 2.45) is 5.73 Å². The molecule has 0 spiro atoms. The second kappa shape index (κ2) is 11.4. The fourth-order valence-corrected chi connectivity index (χ4v) is 5.56. The number of primary amides is 1. The van der Waals surface area contributed by atoms with Crippen LogP contribution in [0.2, 0.25) is 0 Å². The molecule has 0 heterocycles. The van der Waals surface area contributed by atoms with E-state index in [4.69, 9.17) is 5.73 Å². The zero-order valence-electron chi connectivity index (χ0n) is 20.0. The first-order valence-corrected chi connectivity index (χ1v) is 12.9.